The number of epoxide rings is 1. The van der Waals surface area contributed by atoms with Crippen molar-refractivity contribution in [3.63, 3.8) is 0 Å². The van der Waals surface area contributed by atoms with E-state index in [0.717, 1.165) is 11.1 Å². The highest BCUT2D eigenvalue weighted by atomic mass is 35.5. The molecule has 3 saturated heterocycles. The number of methoxy groups -OCH3 is 2. The Morgan fingerprint density at radius 1 is 1.22 bits per heavy atom. The summed E-state index contributed by atoms with van der Waals surface area (Å²) in [5, 5.41) is 15.0. The molecule has 1 unspecified atom stereocenters. The summed E-state index contributed by atoms with van der Waals surface area (Å²) in [6, 6.07) is 2.35. The number of hydrogen-bond acceptors (Lipinski definition) is 12. The first-order chi connectivity index (χ1) is 25.9. The third kappa shape index (κ3) is 8.25. The molecule has 2 N–H and O–H groups in total. The molecule has 0 radical (unpaired) electrons. The van der Waals surface area contributed by atoms with Crippen LogP contribution in [-0.2, 0) is 39.8 Å². The van der Waals surface area contributed by atoms with Crippen LogP contribution in [0, 0.1) is 11.8 Å². The van der Waals surface area contributed by atoms with Gasteiger partial charge in [-0.2, -0.15) is 0 Å². The Hall–Kier alpha value is -2.95. The molecule has 13 nitrogen and oxygen atoms in total. The zero-order chi connectivity index (χ0) is 40.6. The average Bonchev–Trinajstić information content (AvgIpc) is 3.77. The van der Waals surface area contributed by atoms with Crippen molar-refractivity contribution in [1.82, 2.24) is 10.2 Å². The topological polar surface area (TPSA) is 156 Å². The minimum atomic E-state index is -1.92. The number of amides is 3. The third-order valence-electron chi connectivity index (χ3n) is 11.6. The first-order valence-electron chi connectivity index (χ1n) is 18.4. The van der Waals surface area contributed by atoms with Crippen molar-refractivity contribution in [1.29, 1.82) is 0 Å². The molecule has 1 aromatic rings. The van der Waals surface area contributed by atoms with Crippen molar-refractivity contribution in [2.45, 2.75) is 113 Å². The van der Waals surface area contributed by atoms with Crippen molar-refractivity contribution in [2.75, 3.05) is 39.5 Å². The molecule has 1 aromatic carbocycles. The van der Waals surface area contributed by atoms with E-state index in [4.69, 9.17) is 35.3 Å². The molecule has 3 fully saturated rings. The Labute approximate surface area is 336 Å². The van der Waals surface area contributed by atoms with Crippen LogP contribution in [0.3, 0.4) is 0 Å². The molecule has 0 spiro atoms. The smallest absolute Gasteiger partial charge is 0.409 e. The first-order valence-corrected chi connectivity index (χ1v) is 21.4. The van der Waals surface area contributed by atoms with Crippen LogP contribution in [0.2, 0.25) is 5.02 Å². The lowest BCUT2D eigenvalue weighted by molar-refractivity contribution is -0.174. The Bertz CT molecular complexity index is 1730. The van der Waals surface area contributed by atoms with Crippen molar-refractivity contribution < 1.29 is 48.0 Å². The van der Waals surface area contributed by atoms with Gasteiger partial charge in [-0.3, -0.25) is 14.9 Å². The van der Waals surface area contributed by atoms with Gasteiger partial charge in [0.25, 0.3) is 0 Å². The molecule has 4 aliphatic rings. The molecular weight excluding hydrogens is 770 g/mol. The lowest BCUT2D eigenvalue weighted by Gasteiger charge is -2.46. The zero-order valence-corrected chi connectivity index (χ0v) is 35.6. The Morgan fingerprint density at radius 3 is 2.56 bits per heavy atom. The number of halogens is 1. The Kier molecular flexibility index (Phi) is 13.2. The fourth-order valence-electron chi connectivity index (χ4n) is 8.32. The van der Waals surface area contributed by atoms with E-state index in [2.05, 4.69) is 19.2 Å². The SMILES string of the molecule is COc1cc2cc(c1Cl)N(C)C(=O)C[C@@H]1OC(=O)[C@H](N(C)C(=O)CCC(SSC)C(C)C)[C@]3(O[C@@]13C)[C@H](C)[C@@H]1C[C@@](O)(NC(=O)O1)[C@H](OC)/C=C/C=C(\C)C2. The van der Waals surface area contributed by atoms with Crippen LogP contribution in [0.5, 0.6) is 5.75 Å². The lowest BCUT2D eigenvalue weighted by atomic mass is 9.69. The number of benzene rings is 1. The second-order valence-corrected chi connectivity index (χ2v) is 18.5. The number of ether oxygens (including phenoxy) is 5. The van der Waals surface area contributed by atoms with Gasteiger partial charge in [0.05, 0.1) is 19.2 Å². The quantitative estimate of drug-likeness (QED) is 0.179. The molecule has 3 amide bonds. The van der Waals surface area contributed by atoms with E-state index in [1.807, 2.05) is 19.3 Å². The highest BCUT2D eigenvalue weighted by molar-refractivity contribution is 8.76. The molecule has 6 bridgehead atoms. The largest absolute Gasteiger partial charge is 0.495 e. The van der Waals surface area contributed by atoms with Crippen LogP contribution in [0.15, 0.2) is 35.9 Å². The second-order valence-electron chi connectivity index (χ2n) is 15.4. The summed E-state index contributed by atoms with van der Waals surface area (Å²) in [6.07, 6.45) is 4.03. The molecule has 0 saturated carbocycles. The van der Waals surface area contributed by atoms with Crippen molar-refractivity contribution >= 4 is 62.8 Å². The van der Waals surface area contributed by atoms with Gasteiger partial charge in [0.2, 0.25) is 11.8 Å². The molecule has 5 rings (SSSR count). The number of rotatable bonds is 9. The molecule has 0 aromatic heterocycles. The summed E-state index contributed by atoms with van der Waals surface area (Å²) >= 11 is 6.77. The maximum absolute atomic E-state index is 14.3. The van der Waals surface area contributed by atoms with Gasteiger partial charge in [0, 0.05) is 45.2 Å². The average molecular weight is 824 g/mol. The number of anilines is 1. The molecule has 0 aliphatic carbocycles. The number of aliphatic hydroxyl groups is 1. The molecular formula is C39H54ClN3O10S2. The third-order valence-corrected chi connectivity index (χ3v) is 14.5. The number of hydrogen-bond donors (Lipinski definition) is 2. The van der Waals surface area contributed by atoms with Crippen LogP contribution in [-0.4, -0.2) is 115 Å². The molecule has 9 atom stereocenters. The Balaban J connectivity index is 1.60. The van der Waals surface area contributed by atoms with E-state index >= 15 is 0 Å². The fraction of sp³-hybridized carbons (Fsp3) is 0.641. The number of esters is 1. The lowest BCUT2D eigenvalue weighted by Crippen LogP contribution is -2.68. The molecule has 304 valence electrons. The van der Waals surface area contributed by atoms with Gasteiger partial charge in [-0.1, -0.05) is 77.8 Å². The van der Waals surface area contributed by atoms with Gasteiger partial charge >= 0.3 is 12.1 Å². The van der Waals surface area contributed by atoms with Crippen LogP contribution >= 0.6 is 33.2 Å². The van der Waals surface area contributed by atoms with Crippen LogP contribution < -0.4 is 15.0 Å². The first kappa shape index (κ1) is 43.2. The highest BCUT2D eigenvalue weighted by Crippen LogP contribution is 2.63. The molecule has 55 heavy (non-hydrogen) atoms. The summed E-state index contributed by atoms with van der Waals surface area (Å²) in [4.78, 5) is 58.4. The molecule has 4 heterocycles. The molecule has 4 aliphatic heterocycles. The monoisotopic (exact) mass is 823 g/mol. The normalized spacial score (nSPS) is 34.3. The number of nitrogens with one attached hydrogen (secondary N) is 1. The van der Waals surface area contributed by atoms with Gasteiger partial charge in [-0.15, -0.1) is 0 Å². The van der Waals surface area contributed by atoms with E-state index in [-0.39, 0.29) is 35.4 Å². The van der Waals surface area contributed by atoms with Crippen LogP contribution in [0.1, 0.15) is 65.9 Å². The van der Waals surface area contributed by atoms with E-state index in [1.165, 1.54) is 24.0 Å². The van der Waals surface area contributed by atoms with Gasteiger partial charge < -0.3 is 38.6 Å². The number of carbonyl (C=O) groups excluding carboxylic acids is 4. The van der Waals surface area contributed by atoms with E-state index in [0.29, 0.717) is 30.2 Å². The minimum Gasteiger partial charge on any atom is -0.495 e. The van der Waals surface area contributed by atoms with Crippen molar-refractivity contribution in [3.8, 4) is 5.75 Å². The van der Waals surface area contributed by atoms with Gasteiger partial charge in [0.1, 0.15) is 40.3 Å². The van der Waals surface area contributed by atoms with Crippen molar-refractivity contribution in [3.05, 3.63) is 46.5 Å². The van der Waals surface area contributed by atoms with Crippen LogP contribution in [0.4, 0.5) is 10.5 Å². The maximum Gasteiger partial charge on any atom is 0.409 e. The second kappa shape index (κ2) is 16.9. The van der Waals surface area contributed by atoms with E-state index in [1.54, 1.807) is 73.8 Å². The predicted molar refractivity (Wildman–Crippen MR) is 213 cm³/mol. The highest BCUT2D eigenvalue weighted by Gasteiger charge is 2.83. The Morgan fingerprint density at radius 2 is 1.93 bits per heavy atom. The number of nitrogens with zero attached hydrogens (tertiary/aromatic N) is 2. The summed E-state index contributed by atoms with van der Waals surface area (Å²) in [7, 11) is 9.41. The zero-order valence-electron chi connectivity index (χ0n) is 33.2. The predicted octanol–water partition coefficient (Wildman–Crippen LogP) is 5.69. The minimum absolute atomic E-state index is 0.148. The van der Waals surface area contributed by atoms with Gasteiger partial charge in [-0.25, -0.2) is 9.59 Å². The number of alkyl carbamates (subject to hydrolysis) is 1. The van der Waals surface area contributed by atoms with E-state index < -0.39 is 65.2 Å². The summed E-state index contributed by atoms with van der Waals surface area (Å²) in [5.41, 5.74) is -2.56. The summed E-state index contributed by atoms with van der Waals surface area (Å²) in [6.45, 7) is 9.65. The number of fused-ring (bicyclic) bond motifs is 4. The molecule has 16 heteroatoms. The fourth-order valence-corrected chi connectivity index (χ4v) is 11.0. The van der Waals surface area contributed by atoms with Gasteiger partial charge in [-0.05, 0) is 56.6 Å². The standard InChI is InChI=1S/C39H54ClN3O10S2/c1-21(2)28(55-54-10)14-15-31(44)43(7)34-35(46)52-30-19-32(45)42(6)25-17-24(18-26(49-8)33(25)40)16-22(3)12-11-13-29(50-9)38(48)20-27(51-36(47)41-38)23(4)39(34)37(30,5)53-39/h11-13,17-18,21,23,27-30,34,48H,14-16,19-20H2,1-10H3,(H,41,47)/b13-11+,22-12+/t23-,27+,28?,29-,30+,34+,37+,38+,39-/m1/s1. The van der Waals surface area contributed by atoms with Crippen molar-refractivity contribution in [2.24, 2.45) is 11.8 Å². The number of carbonyl (C=O) groups is 4. The number of likely N-dealkylation sites (N-methyl/N-ethyl adjacent to an activating group) is 1. The summed E-state index contributed by atoms with van der Waals surface area (Å²) < 4.78 is 29.9. The summed E-state index contributed by atoms with van der Waals surface area (Å²) in [5.74, 6) is -1.54. The van der Waals surface area contributed by atoms with Crippen LogP contribution in [0.25, 0.3) is 0 Å². The maximum atomic E-state index is 14.3. The van der Waals surface area contributed by atoms with Gasteiger partial charge in [0.15, 0.2) is 11.8 Å². The van der Waals surface area contributed by atoms with E-state index in [9.17, 15) is 24.3 Å². The number of allylic oxidation sites excluding steroid dienone is 3.